The summed E-state index contributed by atoms with van der Waals surface area (Å²) >= 11 is 0. The lowest BCUT2D eigenvalue weighted by molar-refractivity contribution is -0.143. The molecule has 2 amide bonds. The van der Waals surface area contributed by atoms with Crippen LogP contribution < -0.4 is 0 Å². The fourth-order valence-electron chi connectivity index (χ4n) is 2.58. The van der Waals surface area contributed by atoms with Crippen LogP contribution in [0.25, 0.3) is 0 Å². The molecule has 1 aromatic carbocycles. The van der Waals surface area contributed by atoms with Gasteiger partial charge in [-0.25, -0.2) is 9.59 Å². The second-order valence-corrected chi connectivity index (χ2v) is 6.96. The molecule has 0 radical (unpaired) electrons. The first-order valence-electron chi connectivity index (χ1n) is 7.58. The van der Waals surface area contributed by atoms with Crippen molar-refractivity contribution in [3.05, 3.63) is 34.9 Å². The number of carbonyl (C=O) groups excluding carboxylic acids is 2. The zero-order valence-electron chi connectivity index (χ0n) is 14.5. The fourth-order valence-corrected chi connectivity index (χ4v) is 2.58. The normalized spacial score (nSPS) is 16.5. The number of hydrogen-bond acceptors (Lipinski definition) is 4. The number of aliphatic carboxylic acids is 1. The minimum atomic E-state index is -1.16. The highest BCUT2D eigenvalue weighted by Gasteiger charge is 2.41. The van der Waals surface area contributed by atoms with E-state index >= 15 is 0 Å². The van der Waals surface area contributed by atoms with Gasteiger partial charge < -0.3 is 14.7 Å². The average molecular weight is 334 g/mol. The minimum absolute atomic E-state index is 0.137. The molecule has 0 spiro atoms. The molecule has 1 atom stereocenters. The molecule has 1 N–H and O–H groups in total. The number of fused-ring (bicyclic) bond motifs is 1. The Labute approximate surface area is 140 Å². The highest BCUT2D eigenvalue weighted by atomic mass is 16.6. The lowest BCUT2D eigenvalue weighted by atomic mass is 10.0. The third-order valence-electron chi connectivity index (χ3n) is 3.61. The maximum atomic E-state index is 12.3. The van der Waals surface area contributed by atoms with Crippen molar-refractivity contribution >= 4 is 18.0 Å². The van der Waals surface area contributed by atoms with E-state index in [4.69, 9.17) is 4.74 Å². The predicted molar refractivity (Wildman–Crippen MR) is 86.6 cm³/mol. The summed E-state index contributed by atoms with van der Waals surface area (Å²) in [6.07, 6.45) is -0.688. The third kappa shape index (κ3) is 3.50. The first kappa shape index (κ1) is 17.8. The van der Waals surface area contributed by atoms with Gasteiger partial charge in [-0.2, -0.15) is 0 Å². The largest absolute Gasteiger partial charge is 0.479 e. The Kier molecular flexibility index (Phi) is 4.55. The fraction of sp³-hybridized carbons (Fsp3) is 0.471. The molecule has 24 heavy (non-hydrogen) atoms. The van der Waals surface area contributed by atoms with Crippen LogP contribution in [-0.2, 0) is 16.1 Å². The van der Waals surface area contributed by atoms with Gasteiger partial charge in [-0.1, -0.05) is 6.07 Å². The van der Waals surface area contributed by atoms with Gasteiger partial charge in [-0.05, 0) is 44.0 Å². The van der Waals surface area contributed by atoms with Crippen LogP contribution in [0.15, 0.2) is 18.2 Å². The highest BCUT2D eigenvalue weighted by Crippen LogP contribution is 2.35. The van der Waals surface area contributed by atoms with Crippen molar-refractivity contribution in [2.24, 2.45) is 0 Å². The molecule has 1 unspecified atom stereocenters. The van der Waals surface area contributed by atoms with Crippen molar-refractivity contribution in [2.75, 3.05) is 14.1 Å². The van der Waals surface area contributed by atoms with E-state index in [0.29, 0.717) is 16.7 Å². The summed E-state index contributed by atoms with van der Waals surface area (Å²) in [5.41, 5.74) is 0.807. The first-order valence-corrected chi connectivity index (χ1v) is 7.58. The number of carboxylic acids is 1. The Hall–Kier alpha value is -2.57. The zero-order chi connectivity index (χ0) is 18.2. The highest BCUT2D eigenvalue weighted by molar-refractivity contribution is 5.95. The monoisotopic (exact) mass is 334 g/mol. The second-order valence-electron chi connectivity index (χ2n) is 6.96. The van der Waals surface area contributed by atoms with Gasteiger partial charge in [0.15, 0.2) is 6.04 Å². The zero-order valence-corrected chi connectivity index (χ0v) is 14.5. The standard InChI is InChI=1S/C17H22N2O5/c1-17(2,3)24-16(23)19-9-11-7-6-10(14(20)18(4)5)8-12(11)13(19)15(21)22/h6-8,13H,9H2,1-5H3,(H,21,22). The van der Waals surface area contributed by atoms with E-state index in [1.165, 1.54) is 9.80 Å². The van der Waals surface area contributed by atoms with Gasteiger partial charge in [0.05, 0.1) is 6.54 Å². The lowest BCUT2D eigenvalue weighted by Crippen LogP contribution is -2.38. The molecule has 1 aromatic rings. The lowest BCUT2D eigenvalue weighted by Gasteiger charge is -2.27. The van der Waals surface area contributed by atoms with Crippen LogP contribution >= 0.6 is 0 Å². The van der Waals surface area contributed by atoms with Crippen LogP contribution in [0.2, 0.25) is 0 Å². The molecule has 0 fully saturated rings. The molecule has 2 rings (SSSR count). The molecule has 0 saturated carbocycles. The Balaban J connectivity index is 2.38. The molecule has 0 aliphatic carbocycles. The molecule has 1 aliphatic heterocycles. The van der Waals surface area contributed by atoms with E-state index in [0.717, 1.165) is 0 Å². The Bertz CT molecular complexity index is 691. The average Bonchev–Trinajstić information content (AvgIpc) is 2.83. The van der Waals surface area contributed by atoms with Crippen molar-refractivity contribution in [1.82, 2.24) is 9.80 Å². The summed E-state index contributed by atoms with van der Waals surface area (Å²) in [6, 6.07) is 3.70. The molecular formula is C17H22N2O5. The van der Waals surface area contributed by atoms with Gasteiger partial charge in [0, 0.05) is 19.7 Å². The number of nitrogens with zero attached hydrogens (tertiary/aromatic N) is 2. The van der Waals surface area contributed by atoms with E-state index in [-0.39, 0.29) is 12.5 Å². The SMILES string of the molecule is CN(C)C(=O)c1ccc2c(c1)C(C(=O)O)N(C(=O)OC(C)(C)C)C2. The summed E-state index contributed by atoms with van der Waals surface area (Å²) in [5, 5.41) is 9.57. The van der Waals surface area contributed by atoms with Gasteiger partial charge in [0.25, 0.3) is 5.91 Å². The summed E-state index contributed by atoms with van der Waals surface area (Å²) in [6.45, 7) is 5.30. The smallest absolute Gasteiger partial charge is 0.411 e. The molecule has 0 saturated heterocycles. The van der Waals surface area contributed by atoms with Gasteiger partial charge >= 0.3 is 12.1 Å². The molecule has 7 heteroatoms. The number of carboxylic acid groups (broad SMARTS) is 1. The molecule has 7 nitrogen and oxygen atoms in total. The van der Waals surface area contributed by atoms with E-state index in [9.17, 15) is 19.5 Å². The van der Waals surface area contributed by atoms with Crippen LogP contribution in [0, 0.1) is 0 Å². The topological polar surface area (TPSA) is 87.2 Å². The van der Waals surface area contributed by atoms with E-state index in [1.807, 2.05) is 0 Å². The molecule has 1 aliphatic rings. The molecule has 1 heterocycles. The molecule has 0 bridgehead atoms. The number of ether oxygens (including phenoxy) is 1. The van der Waals surface area contributed by atoms with Crippen molar-refractivity contribution in [3.63, 3.8) is 0 Å². The number of benzene rings is 1. The number of carbonyl (C=O) groups is 3. The van der Waals surface area contributed by atoms with Gasteiger partial charge in [0.1, 0.15) is 5.60 Å². The van der Waals surface area contributed by atoms with Crippen molar-refractivity contribution in [2.45, 2.75) is 39.0 Å². The Morgan fingerprint density at radius 3 is 2.38 bits per heavy atom. The van der Waals surface area contributed by atoms with Gasteiger partial charge in [-0.15, -0.1) is 0 Å². The summed E-state index contributed by atoms with van der Waals surface area (Å²) in [4.78, 5) is 38.7. The Morgan fingerprint density at radius 1 is 1.25 bits per heavy atom. The van der Waals surface area contributed by atoms with Crippen LogP contribution in [0.5, 0.6) is 0 Å². The maximum absolute atomic E-state index is 12.3. The summed E-state index contributed by atoms with van der Waals surface area (Å²) < 4.78 is 5.30. The van der Waals surface area contributed by atoms with Crippen LogP contribution in [0.4, 0.5) is 4.79 Å². The van der Waals surface area contributed by atoms with Gasteiger partial charge in [0.2, 0.25) is 0 Å². The molecular weight excluding hydrogens is 312 g/mol. The summed E-state index contributed by atoms with van der Waals surface area (Å²) in [7, 11) is 3.24. The second kappa shape index (κ2) is 6.14. The number of amides is 2. The van der Waals surface area contributed by atoms with E-state index in [1.54, 1.807) is 53.1 Å². The number of hydrogen-bond donors (Lipinski definition) is 1. The number of rotatable bonds is 2. The van der Waals surface area contributed by atoms with Crippen molar-refractivity contribution in [3.8, 4) is 0 Å². The minimum Gasteiger partial charge on any atom is -0.479 e. The van der Waals surface area contributed by atoms with E-state index in [2.05, 4.69) is 0 Å². The summed E-state index contributed by atoms with van der Waals surface area (Å²) in [5.74, 6) is -1.38. The molecule has 130 valence electrons. The predicted octanol–water partition coefficient (Wildman–Crippen LogP) is 2.26. The van der Waals surface area contributed by atoms with Crippen molar-refractivity contribution < 1.29 is 24.2 Å². The first-order chi connectivity index (χ1) is 11.0. The maximum Gasteiger partial charge on any atom is 0.411 e. The van der Waals surface area contributed by atoms with Crippen molar-refractivity contribution in [1.29, 1.82) is 0 Å². The van der Waals surface area contributed by atoms with E-state index < -0.39 is 23.7 Å². The quantitative estimate of drug-likeness (QED) is 0.896. The van der Waals surface area contributed by atoms with Crippen LogP contribution in [-0.4, -0.2) is 52.6 Å². The Morgan fingerprint density at radius 2 is 1.88 bits per heavy atom. The third-order valence-corrected chi connectivity index (χ3v) is 3.61. The van der Waals surface area contributed by atoms with Crippen LogP contribution in [0.1, 0.15) is 48.3 Å². The van der Waals surface area contributed by atoms with Gasteiger partial charge in [-0.3, -0.25) is 9.69 Å². The van der Waals surface area contributed by atoms with Crippen LogP contribution in [0.3, 0.4) is 0 Å². The molecule has 0 aromatic heterocycles.